The lowest BCUT2D eigenvalue weighted by atomic mass is 9.52. The summed E-state index contributed by atoms with van der Waals surface area (Å²) in [5.74, 6) is 2.37. The number of hydrogen-bond donors (Lipinski definition) is 0. The van der Waals surface area contributed by atoms with Crippen molar-refractivity contribution >= 4 is 20.5 Å². The van der Waals surface area contributed by atoms with E-state index in [0.29, 0.717) is 11.9 Å². The maximum Gasteiger partial charge on any atom is 0.307 e. The van der Waals surface area contributed by atoms with Gasteiger partial charge in [-0.15, -0.1) is 0 Å². The van der Waals surface area contributed by atoms with E-state index in [2.05, 4.69) is 95.6 Å². The maximum atomic E-state index is 2.66. The summed E-state index contributed by atoms with van der Waals surface area (Å²) in [6.07, 6.45) is 6.71. The van der Waals surface area contributed by atoms with Crippen molar-refractivity contribution in [3.8, 4) is 0 Å². The van der Waals surface area contributed by atoms with Crippen molar-refractivity contribution in [2.45, 2.75) is 59.7 Å². The molecule has 0 aliphatic carbocycles. The Labute approximate surface area is 138 Å². The van der Waals surface area contributed by atoms with E-state index < -0.39 is 8.24 Å². The van der Waals surface area contributed by atoms with Gasteiger partial charge in [-0.3, -0.25) is 0 Å². The van der Waals surface area contributed by atoms with Crippen molar-refractivity contribution in [3.63, 3.8) is 0 Å². The molecule has 1 aliphatic rings. The minimum Gasteiger partial charge on any atom is -0.441 e. The molecule has 0 radical (unpaired) electrons. The average Bonchev–Trinajstić information content (AvgIpc) is 2.36. The highest BCUT2D eigenvalue weighted by molar-refractivity contribution is 6.92. The van der Waals surface area contributed by atoms with Gasteiger partial charge in [0.25, 0.3) is 0 Å². The quantitative estimate of drug-likeness (QED) is 0.713. The van der Waals surface area contributed by atoms with E-state index in [1.165, 1.54) is 22.2 Å². The molecule has 22 heavy (non-hydrogen) atoms. The minimum absolute atomic E-state index is 0.327. The van der Waals surface area contributed by atoms with E-state index in [1.807, 2.05) is 0 Å². The number of allylic oxidation sites excluding steroid dienone is 2. The normalized spacial score (nSPS) is 15.6. The third-order valence-electron chi connectivity index (χ3n) is 5.47. The van der Waals surface area contributed by atoms with Crippen LogP contribution in [0.25, 0.3) is 0 Å². The van der Waals surface area contributed by atoms with Gasteiger partial charge in [0, 0.05) is 0 Å². The van der Waals surface area contributed by atoms with Gasteiger partial charge in [-0.05, 0) is 43.5 Å². The van der Waals surface area contributed by atoms with Crippen LogP contribution < -0.4 is 5.46 Å². The monoisotopic (exact) mass is 311 g/mol. The van der Waals surface area contributed by atoms with Crippen molar-refractivity contribution in [1.29, 1.82) is 0 Å². The molecule has 3 heteroatoms. The molecule has 0 fully saturated rings. The van der Waals surface area contributed by atoms with Crippen LogP contribution in [0.1, 0.15) is 37.5 Å². The van der Waals surface area contributed by atoms with Gasteiger partial charge in [0.05, 0.1) is 0 Å². The van der Waals surface area contributed by atoms with Gasteiger partial charge in [-0.25, -0.2) is 0 Å². The van der Waals surface area contributed by atoms with Gasteiger partial charge in [0.2, 0.25) is 0 Å². The van der Waals surface area contributed by atoms with Crippen LogP contribution in [0.4, 0.5) is 0 Å². The van der Waals surface area contributed by atoms with Crippen LogP contribution in [0, 0.1) is 20.8 Å². The summed E-state index contributed by atoms with van der Waals surface area (Å²) in [5, 5.41) is 0.327. The third kappa shape index (κ3) is 2.96. The van der Waals surface area contributed by atoms with Crippen molar-refractivity contribution in [1.82, 2.24) is 4.48 Å². The Hall–Kier alpha value is -1.22. The highest BCUT2D eigenvalue weighted by Gasteiger charge is 2.44. The second kappa shape index (κ2) is 5.77. The topological polar surface area (TPSA) is 3.24 Å². The fraction of sp³-hybridized carbons (Fsp3) is 0.474. The number of hydrogen-bond acceptors (Lipinski definition) is 1. The third-order valence-corrected chi connectivity index (χ3v) is 10.9. The van der Waals surface area contributed by atoms with Gasteiger partial charge < -0.3 is 4.48 Å². The zero-order valence-corrected chi connectivity index (χ0v) is 16.5. The second-order valence-corrected chi connectivity index (χ2v) is 13.3. The molecule has 1 aromatic rings. The molecule has 0 saturated carbocycles. The summed E-state index contributed by atoms with van der Waals surface area (Å²) in [6, 6.07) is 4.64. The van der Waals surface area contributed by atoms with Crippen LogP contribution in [-0.4, -0.2) is 19.6 Å². The molecule has 1 aliphatic heterocycles. The van der Waals surface area contributed by atoms with Gasteiger partial charge >= 0.3 is 6.85 Å². The number of nitrogens with zero attached hydrogens (tertiary/aromatic N) is 1. The smallest absolute Gasteiger partial charge is 0.307 e. The molecule has 0 spiro atoms. The molecule has 2 rings (SSSR count). The zero-order chi connectivity index (χ0) is 16.7. The first-order chi connectivity index (χ1) is 10.1. The van der Waals surface area contributed by atoms with E-state index in [4.69, 9.17) is 0 Å². The first kappa shape index (κ1) is 17.1. The Balaban J connectivity index is 2.54. The summed E-state index contributed by atoms with van der Waals surface area (Å²) >= 11 is 0. The van der Waals surface area contributed by atoms with E-state index in [0.717, 1.165) is 0 Å². The highest BCUT2D eigenvalue weighted by atomic mass is 28.3. The van der Waals surface area contributed by atoms with Crippen LogP contribution in [0.5, 0.6) is 0 Å². The first-order valence-electron chi connectivity index (χ1n) is 8.27. The molecular formula is C19H30BNSi. The summed E-state index contributed by atoms with van der Waals surface area (Å²) in [6.45, 7) is 19.2. The molecule has 1 heterocycles. The predicted molar refractivity (Wildman–Crippen MR) is 103 cm³/mol. The Morgan fingerprint density at radius 3 is 2.00 bits per heavy atom. The van der Waals surface area contributed by atoms with E-state index >= 15 is 0 Å². The Morgan fingerprint density at radius 1 is 0.955 bits per heavy atom. The van der Waals surface area contributed by atoms with Crippen LogP contribution in [-0.2, 0) is 0 Å². The molecular weight excluding hydrogens is 281 g/mol. The van der Waals surface area contributed by atoms with Crippen LogP contribution in [0.15, 0.2) is 36.5 Å². The van der Waals surface area contributed by atoms with Gasteiger partial charge in [0.1, 0.15) is 8.24 Å². The maximum absolute atomic E-state index is 2.66. The fourth-order valence-electron chi connectivity index (χ4n) is 3.31. The van der Waals surface area contributed by atoms with Crippen LogP contribution in [0.2, 0.25) is 18.1 Å². The first-order valence-corrected chi connectivity index (χ1v) is 11.2. The highest BCUT2D eigenvalue weighted by Crippen LogP contribution is 2.39. The summed E-state index contributed by atoms with van der Waals surface area (Å²) in [7, 11) is -1.61. The lowest BCUT2D eigenvalue weighted by molar-refractivity contribution is 0.654. The molecule has 0 atom stereocenters. The Kier molecular flexibility index (Phi) is 4.49. The largest absolute Gasteiger partial charge is 0.441 e. The minimum atomic E-state index is -1.61. The SMILES string of the molecule is Cc1cc(C)c(B2C=CC=CN2[Si](C)(C)C(C)(C)C)c(C)c1. The number of rotatable bonds is 2. The standard InChI is InChI=1S/C19H30BNSi/c1-15-13-16(2)18(17(3)14-15)20-11-9-10-12-21(20)22(7,8)19(4,5)6/h9-14H,1-8H3. The molecule has 118 valence electrons. The van der Waals surface area contributed by atoms with Crippen LogP contribution >= 0.6 is 0 Å². The molecule has 0 amide bonds. The molecule has 1 aromatic carbocycles. The summed E-state index contributed by atoms with van der Waals surface area (Å²) in [5.41, 5.74) is 5.65. The van der Waals surface area contributed by atoms with Gasteiger partial charge in [-0.2, -0.15) is 0 Å². The lowest BCUT2D eigenvalue weighted by Crippen LogP contribution is -2.62. The zero-order valence-electron chi connectivity index (χ0n) is 15.5. The average molecular weight is 311 g/mol. The predicted octanol–water partition coefficient (Wildman–Crippen LogP) is 4.74. The van der Waals surface area contributed by atoms with Crippen molar-refractivity contribution < 1.29 is 0 Å². The van der Waals surface area contributed by atoms with Crippen LogP contribution in [0.3, 0.4) is 0 Å². The van der Waals surface area contributed by atoms with E-state index in [9.17, 15) is 0 Å². The number of benzene rings is 1. The van der Waals surface area contributed by atoms with Crippen molar-refractivity contribution in [2.75, 3.05) is 0 Å². The summed E-state index contributed by atoms with van der Waals surface area (Å²) in [4.78, 5) is 0. The van der Waals surface area contributed by atoms with Crippen molar-refractivity contribution in [3.05, 3.63) is 53.2 Å². The Bertz CT molecular complexity index is 600. The van der Waals surface area contributed by atoms with Gasteiger partial charge in [-0.1, -0.05) is 74.7 Å². The fourth-order valence-corrected chi connectivity index (χ4v) is 5.46. The molecule has 0 aromatic heterocycles. The van der Waals surface area contributed by atoms with Crippen molar-refractivity contribution in [2.24, 2.45) is 0 Å². The van der Waals surface area contributed by atoms with E-state index in [1.54, 1.807) is 0 Å². The molecule has 1 nitrogen and oxygen atoms in total. The number of aryl methyl sites for hydroxylation is 3. The molecule has 0 saturated heterocycles. The second-order valence-electron chi connectivity index (χ2n) is 8.20. The molecule has 0 bridgehead atoms. The molecule has 0 N–H and O–H groups in total. The molecule has 0 unspecified atom stereocenters. The summed E-state index contributed by atoms with van der Waals surface area (Å²) < 4.78 is 2.66. The van der Waals surface area contributed by atoms with E-state index in [-0.39, 0.29) is 0 Å². The lowest BCUT2D eigenvalue weighted by Gasteiger charge is -2.49. The van der Waals surface area contributed by atoms with Gasteiger partial charge in [0.15, 0.2) is 0 Å². The Morgan fingerprint density at radius 2 is 1.50 bits per heavy atom.